The van der Waals surface area contributed by atoms with Crippen molar-refractivity contribution in [2.24, 2.45) is 0 Å². The highest BCUT2D eigenvalue weighted by Crippen LogP contribution is 2.23. The molecule has 2 aliphatic rings. The minimum atomic E-state index is 0.580. The number of nitrogens with one attached hydrogen (secondary N) is 2. The average molecular weight is 232 g/mol. The third-order valence-electron chi connectivity index (χ3n) is 3.69. The molecule has 3 nitrogen and oxygen atoms in total. The summed E-state index contributed by atoms with van der Waals surface area (Å²) < 4.78 is 5.25. The Morgan fingerprint density at radius 3 is 3.00 bits per heavy atom. The number of hydrogen-bond donors (Lipinski definition) is 2. The Morgan fingerprint density at radius 1 is 1.35 bits per heavy atom. The van der Waals surface area contributed by atoms with E-state index >= 15 is 0 Å². The van der Waals surface area contributed by atoms with Crippen LogP contribution in [0.4, 0.5) is 0 Å². The van der Waals surface area contributed by atoms with Crippen molar-refractivity contribution in [1.82, 2.24) is 10.6 Å². The fraction of sp³-hybridized carbons (Fsp3) is 0.571. The number of rotatable bonds is 4. The van der Waals surface area contributed by atoms with E-state index in [0.29, 0.717) is 6.04 Å². The van der Waals surface area contributed by atoms with Gasteiger partial charge in [-0.05, 0) is 42.5 Å². The second-order valence-corrected chi connectivity index (χ2v) is 5.10. The highest BCUT2D eigenvalue weighted by atomic mass is 16.5. The van der Waals surface area contributed by atoms with E-state index in [-0.39, 0.29) is 0 Å². The molecule has 1 aromatic rings. The Kier molecular flexibility index (Phi) is 3.04. The third kappa shape index (κ3) is 2.61. The maximum atomic E-state index is 5.25. The van der Waals surface area contributed by atoms with E-state index in [2.05, 4.69) is 28.8 Å². The summed E-state index contributed by atoms with van der Waals surface area (Å²) in [5.74, 6) is 0.958. The SMILES string of the molecule is COc1ccc2c(c1)CNC(CNC1CC1)C2. The van der Waals surface area contributed by atoms with Gasteiger partial charge in [-0.2, -0.15) is 0 Å². The molecular weight excluding hydrogens is 212 g/mol. The molecule has 0 aromatic heterocycles. The van der Waals surface area contributed by atoms with Crippen LogP contribution in [0.5, 0.6) is 5.75 Å². The van der Waals surface area contributed by atoms with Crippen molar-refractivity contribution in [2.45, 2.75) is 37.9 Å². The van der Waals surface area contributed by atoms with Crippen LogP contribution in [0.25, 0.3) is 0 Å². The molecule has 1 aliphatic heterocycles. The van der Waals surface area contributed by atoms with Gasteiger partial charge in [-0.25, -0.2) is 0 Å². The van der Waals surface area contributed by atoms with Gasteiger partial charge in [-0.15, -0.1) is 0 Å². The lowest BCUT2D eigenvalue weighted by atomic mass is 9.95. The molecule has 0 bridgehead atoms. The van der Waals surface area contributed by atoms with Crippen LogP contribution in [0.15, 0.2) is 18.2 Å². The number of ether oxygens (including phenoxy) is 1. The molecule has 0 spiro atoms. The van der Waals surface area contributed by atoms with Crippen LogP contribution in [0.1, 0.15) is 24.0 Å². The second-order valence-electron chi connectivity index (χ2n) is 5.10. The van der Waals surface area contributed by atoms with Crippen LogP contribution in [0.3, 0.4) is 0 Å². The molecule has 1 aliphatic carbocycles. The molecule has 0 saturated heterocycles. The van der Waals surface area contributed by atoms with Gasteiger partial charge < -0.3 is 15.4 Å². The minimum Gasteiger partial charge on any atom is -0.497 e. The summed E-state index contributed by atoms with van der Waals surface area (Å²) in [7, 11) is 1.72. The maximum absolute atomic E-state index is 5.25. The fourth-order valence-corrected chi connectivity index (χ4v) is 2.43. The summed E-state index contributed by atoms with van der Waals surface area (Å²) in [6, 6.07) is 7.80. The first-order valence-corrected chi connectivity index (χ1v) is 6.47. The lowest BCUT2D eigenvalue weighted by Crippen LogP contribution is -2.43. The van der Waals surface area contributed by atoms with Crippen molar-refractivity contribution in [3.05, 3.63) is 29.3 Å². The summed E-state index contributed by atoms with van der Waals surface area (Å²) in [6.45, 7) is 2.06. The molecule has 1 heterocycles. The van der Waals surface area contributed by atoms with Crippen LogP contribution in [0, 0.1) is 0 Å². The van der Waals surface area contributed by atoms with E-state index in [1.807, 2.05) is 0 Å². The van der Waals surface area contributed by atoms with Crippen molar-refractivity contribution in [3.63, 3.8) is 0 Å². The van der Waals surface area contributed by atoms with Crippen LogP contribution in [-0.2, 0) is 13.0 Å². The molecule has 1 saturated carbocycles. The van der Waals surface area contributed by atoms with E-state index < -0.39 is 0 Å². The second kappa shape index (κ2) is 4.67. The van der Waals surface area contributed by atoms with E-state index in [1.165, 1.54) is 24.0 Å². The van der Waals surface area contributed by atoms with Gasteiger partial charge in [-0.3, -0.25) is 0 Å². The first-order valence-electron chi connectivity index (χ1n) is 6.47. The highest BCUT2D eigenvalue weighted by molar-refractivity contribution is 5.37. The number of hydrogen-bond acceptors (Lipinski definition) is 3. The molecule has 0 radical (unpaired) electrons. The molecule has 3 rings (SSSR count). The number of benzene rings is 1. The van der Waals surface area contributed by atoms with Crippen molar-refractivity contribution in [1.29, 1.82) is 0 Å². The highest BCUT2D eigenvalue weighted by Gasteiger charge is 2.23. The largest absolute Gasteiger partial charge is 0.497 e. The quantitative estimate of drug-likeness (QED) is 0.824. The van der Waals surface area contributed by atoms with Gasteiger partial charge in [0.15, 0.2) is 0 Å². The Balaban J connectivity index is 1.63. The van der Waals surface area contributed by atoms with Gasteiger partial charge in [-0.1, -0.05) is 6.07 Å². The van der Waals surface area contributed by atoms with Gasteiger partial charge in [0.25, 0.3) is 0 Å². The van der Waals surface area contributed by atoms with Crippen LogP contribution >= 0.6 is 0 Å². The molecule has 92 valence electrons. The zero-order valence-electron chi connectivity index (χ0n) is 10.3. The van der Waals surface area contributed by atoms with Crippen molar-refractivity contribution in [2.75, 3.05) is 13.7 Å². The number of methoxy groups -OCH3 is 1. The average Bonchev–Trinajstić information content (AvgIpc) is 3.19. The predicted octanol–water partition coefficient (Wildman–Crippen LogP) is 1.46. The first-order chi connectivity index (χ1) is 8.35. The van der Waals surface area contributed by atoms with Crippen LogP contribution in [0.2, 0.25) is 0 Å². The Labute approximate surface area is 103 Å². The van der Waals surface area contributed by atoms with E-state index in [9.17, 15) is 0 Å². The molecule has 0 amide bonds. The molecule has 1 aromatic carbocycles. The number of fused-ring (bicyclic) bond motifs is 1. The van der Waals surface area contributed by atoms with Gasteiger partial charge >= 0.3 is 0 Å². The molecule has 2 N–H and O–H groups in total. The molecule has 17 heavy (non-hydrogen) atoms. The topological polar surface area (TPSA) is 33.3 Å². The Bertz CT molecular complexity index is 401. The predicted molar refractivity (Wildman–Crippen MR) is 68.4 cm³/mol. The van der Waals surface area contributed by atoms with Gasteiger partial charge in [0.05, 0.1) is 7.11 Å². The van der Waals surface area contributed by atoms with Crippen LogP contribution < -0.4 is 15.4 Å². The summed E-state index contributed by atoms with van der Waals surface area (Å²) in [4.78, 5) is 0. The first kappa shape index (κ1) is 11.1. The summed E-state index contributed by atoms with van der Waals surface area (Å²) in [5, 5.41) is 7.18. The van der Waals surface area contributed by atoms with E-state index in [1.54, 1.807) is 7.11 Å². The van der Waals surface area contributed by atoms with E-state index in [0.717, 1.165) is 31.3 Å². The molecule has 3 heteroatoms. The summed E-state index contributed by atoms with van der Waals surface area (Å²) in [5.41, 5.74) is 2.85. The monoisotopic (exact) mass is 232 g/mol. The van der Waals surface area contributed by atoms with E-state index in [4.69, 9.17) is 4.74 Å². The standard InChI is InChI=1S/C14H20N2O/c1-17-14-5-2-10-6-13(9-16-12-3-4-12)15-8-11(10)7-14/h2,5,7,12-13,15-16H,3-4,6,8-9H2,1H3. The maximum Gasteiger partial charge on any atom is 0.119 e. The molecule has 1 fully saturated rings. The van der Waals surface area contributed by atoms with Gasteiger partial charge in [0.1, 0.15) is 5.75 Å². The Hall–Kier alpha value is -1.06. The molecule has 1 atom stereocenters. The zero-order valence-corrected chi connectivity index (χ0v) is 10.3. The minimum absolute atomic E-state index is 0.580. The van der Waals surface area contributed by atoms with Crippen molar-refractivity contribution < 1.29 is 4.74 Å². The van der Waals surface area contributed by atoms with Crippen LogP contribution in [-0.4, -0.2) is 25.7 Å². The molecular formula is C14H20N2O. The van der Waals surface area contributed by atoms with Gasteiger partial charge in [0.2, 0.25) is 0 Å². The Morgan fingerprint density at radius 2 is 2.24 bits per heavy atom. The third-order valence-corrected chi connectivity index (χ3v) is 3.69. The fourth-order valence-electron chi connectivity index (χ4n) is 2.43. The van der Waals surface area contributed by atoms with Crippen molar-refractivity contribution >= 4 is 0 Å². The zero-order chi connectivity index (χ0) is 11.7. The summed E-state index contributed by atoms with van der Waals surface area (Å²) >= 11 is 0. The molecule has 1 unspecified atom stereocenters. The lowest BCUT2D eigenvalue weighted by Gasteiger charge is -2.26. The smallest absolute Gasteiger partial charge is 0.119 e. The van der Waals surface area contributed by atoms with Gasteiger partial charge in [0, 0.05) is 25.2 Å². The summed E-state index contributed by atoms with van der Waals surface area (Å²) in [6.07, 6.45) is 3.85. The lowest BCUT2D eigenvalue weighted by molar-refractivity contribution is 0.410. The van der Waals surface area contributed by atoms with Crippen molar-refractivity contribution in [3.8, 4) is 5.75 Å². The normalized spacial score (nSPS) is 23.2.